The Balaban J connectivity index is 0.000000150. The fraction of sp³-hybridized carbons (Fsp3) is 0.266. The van der Waals surface area contributed by atoms with E-state index >= 15 is 0 Å². The average Bonchev–Trinajstić information content (AvgIpc) is 0.779. The van der Waals surface area contributed by atoms with E-state index in [1.807, 2.05) is 111 Å². The molecule has 0 bridgehead atoms. The summed E-state index contributed by atoms with van der Waals surface area (Å²) in [5, 5.41) is 37.2. The van der Waals surface area contributed by atoms with Gasteiger partial charge in [0.25, 0.3) is 22.8 Å². The van der Waals surface area contributed by atoms with Gasteiger partial charge in [-0.05, 0) is 272 Å². The zero-order valence-corrected chi connectivity index (χ0v) is 71.4. The van der Waals surface area contributed by atoms with Gasteiger partial charge >= 0.3 is 0 Å². The zero-order valence-electron chi connectivity index (χ0n) is 71.4. The van der Waals surface area contributed by atoms with Crippen LogP contribution in [-0.2, 0) is 32.1 Å². The fourth-order valence-corrected chi connectivity index (χ4v) is 17.5. The Morgan fingerprint density at radius 2 is 0.738 bits per heavy atom. The SMILES string of the molecule is [C-]#[N+]/C(C#N)=C1/C=C(/C=C/c2ccc(N(c3ccccc3)c3ccccc3)cc2)Oc2ccccc21.[C-]#[N+]/C(C#N)=C1/C=C(CCc2cc3c4c(c2)CCCN4CCC3)CC(C)(C)C1.[C-]#[N+]/C(C#N)=C1/C=C(CCc2ccc(N(C)C)cc2)CC(C)(C)C1.[C-]#[N+]/C(C#N)=C1/C=C(CCc2ccc(N(c3ccccc3)c3ccccc3)cc2)CC(C)(C)C1. The number of nitrogens with zero attached hydrogens (tertiary/aromatic N) is 12. The van der Waals surface area contributed by atoms with Crippen LogP contribution in [0.1, 0.15) is 151 Å². The lowest BCUT2D eigenvalue weighted by molar-refractivity contribution is 0.346. The van der Waals surface area contributed by atoms with Crippen LogP contribution < -0.4 is 24.3 Å². The highest BCUT2D eigenvalue weighted by Crippen LogP contribution is 2.46. The molecule has 15 rings (SSSR count). The standard InChI is InChI=1S/C32H21N3O.C31H29N3.C25H29N3.C21H25N3/c1-34-31(23-33)30-22-28(36-32-15-9-8-14-29(30)32)21-18-24-16-19-27(20-17-24)35(25-10-4-2-5-11-25)26-12-6-3-7-13-26;1-31(2)21-25(20-26(22-31)30(23-32)33-3)15-14-24-16-18-29(19-17-24)34(27-10-6-4-7-11-27)28-12-8-5-9-13-28;1-25(2)15-19(14-22(16-25)23(17-26)27-3)9-8-18-12-20-6-4-10-28-11-5-7-21(13-18)24(20)28;1-21(2)13-17(12-18(14-21)20(15-22)23-3)7-6-16-8-10-19(11-9-16)24(4)5/h2-22H;4-13,16-20H,14-15,21-22H2,1-2H3;12-14H,4-11,15-16H2,1-2H3;8-12H,6-7,13-14H2,1-2,4-5H3/b21-18+,31-30-;30-26-;23-22-;20-18-. The normalized spacial score (nSPS) is 17.1. The number of ether oxygens (including phenoxy) is 1. The molecule has 0 saturated carbocycles. The second-order valence-electron chi connectivity index (χ2n) is 34.5. The molecule has 3 heterocycles. The summed E-state index contributed by atoms with van der Waals surface area (Å²) >= 11 is 0. The van der Waals surface area contributed by atoms with Crippen molar-refractivity contribution in [3.8, 4) is 30.0 Å². The Morgan fingerprint density at radius 1 is 0.393 bits per heavy atom. The maximum absolute atomic E-state index is 9.42. The van der Waals surface area contributed by atoms with Crippen molar-refractivity contribution in [1.82, 2.24) is 0 Å². The number of para-hydroxylation sites is 5. The predicted molar refractivity (Wildman–Crippen MR) is 498 cm³/mol. The molecule has 606 valence electrons. The molecule has 0 spiro atoms. The molecule has 0 fully saturated rings. The summed E-state index contributed by atoms with van der Waals surface area (Å²) in [6, 6.07) is 87.6. The largest absolute Gasteiger partial charge is 0.457 e. The molecule has 0 aromatic heterocycles. The predicted octanol–water partition coefficient (Wildman–Crippen LogP) is 27.7. The Labute approximate surface area is 723 Å². The van der Waals surface area contributed by atoms with Crippen molar-refractivity contribution in [2.75, 3.05) is 46.8 Å². The van der Waals surface area contributed by atoms with Gasteiger partial charge in [-0.2, -0.15) is 0 Å². The van der Waals surface area contributed by atoms with Gasteiger partial charge < -0.3 is 24.3 Å². The van der Waals surface area contributed by atoms with Crippen LogP contribution >= 0.6 is 0 Å². The molecule has 0 radical (unpaired) electrons. The number of nitriles is 4. The molecule has 13 heteroatoms. The van der Waals surface area contributed by atoms with Crippen LogP contribution in [0.2, 0.25) is 0 Å². The first kappa shape index (κ1) is 86.9. The smallest absolute Gasteiger partial charge is 0.269 e. The van der Waals surface area contributed by atoms with E-state index in [1.165, 1.54) is 77.9 Å². The third-order valence-electron chi connectivity index (χ3n) is 22.9. The van der Waals surface area contributed by atoms with Crippen molar-refractivity contribution < 1.29 is 4.74 Å². The first-order valence-corrected chi connectivity index (χ1v) is 42.0. The lowest BCUT2D eigenvalue weighted by Gasteiger charge is -2.37. The maximum atomic E-state index is 9.42. The molecule has 6 aliphatic rings. The van der Waals surface area contributed by atoms with Crippen LogP contribution in [0.3, 0.4) is 0 Å². The van der Waals surface area contributed by atoms with Gasteiger partial charge in [-0.1, -0.05) is 222 Å². The molecule has 9 aromatic rings. The van der Waals surface area contributed by atoms with Crippen molar-refractivity contribution in [1.29, 1.82) is 21.0 Å². The molecule has 9 aromatic carbocycles. The van der Waals surface area contributed by atoms with E-state index in [4.69, 9.17) is 36.3 Å². The fourth-order valence-electron chi connectivity index (χ4n) is 17.5. The van der Waals surface area contributed by atoms with E-state index in [0.29, 0.717) is 17.1 Å². The summed E-state index contributed by atoms with van der Waals surface area (Å²) < 4.78 is 6.02. The minimum atomic E-state index is 0.0444. The number of aryl methyl sites for hydroxylation is 5. The van der Waals surface area contributed by atoms with Crippen LogP contribution in [-0.4, -0.2) is 27.2 Å². The number of fused-ring (bicyclic) bond motifs is 1. The minimum absolute atomic E-state index is 0.0444. The second kappa shape index (κ2) is 40.8. The number of rotatable bonds is 18. The zero-order chi connectivity index (χ0) is 86.2. The average molecular weight is 1600 g/mol. The molecule has 3 aliphatic heterocycles. The van der Waals surface area contributed by atoms with E-state index in [1.54, 1.807) is 22.9 Å². The van der Waals surface area contributed by atoms with E-state index in [0.717, 1.165) is 139 Å². The Morgan fingerprint density at radius 3 is 1.11 bits per heavy atom. The molecule has 3 aliphatic carbocycles. The van der Waals surface area contributed by atoms with Crippen molar-refractivity contribution in [2.24, 2.45) is 16.2 Å². The molecular formula is C109H104N12O. The van der Waals surface area contributed by atoms with Crippen LogP contribution in [0.4, 0.5) is 45.5 Å². The summed E-state index contributed by atoms with van der Waals surface area (Å²) in [7, 11) is 4.09. The third kappa shape index (κ3) is 22.9. The summed E-state index contributed by atoms with van der Waals surface area (Å²) in [5.74, 6) is 1.20. The van der Waals surface area contributed by atoms with Crippen LogP contribution in [0.25, 0.3) is 31.0 Å². The molecule has 0 unspecified atom stereocenters. The molecular weight excluding hydrogens is 1490 g/mol. The van der Waals surface area contributed by atoms with Crippen LogP contribution in [0, 0.1) is 87.9 Å². The Kier molecular flexibility index (Phi) is 29.1. The number of hydrogen-bond donors (Lipinski definition) is 0. The first-order chi connectivity index (χ1) is 59.1. The third-order valence-corrected chi connectivity index (χ3v) is 22.9. The van der Waals surface area contributed by atoms with Crippen molar-refractivity contribution >= 4 is 57.1 Å². The quantitative estimate of drug-likeness (QED) is 0.0608. The van der Waals surface area contributed by atoms with E-state index < -0.39 is 0 Å². The number of anilines is 8. The number of hydrogen-bond acceptors (Lipinski definition) is 9. The van der Waals surface area contributed by atoms with Gasteiger partial charge in [0.1, 0.15) is 11.5 Å². The van der Waals surface area contributed by atoms with Gasteiger partial charge in [-0.15, -0.1) is 0 Å². The van der Waals surface area contributed by atoms with E-state index in [9.17, 15) is 15.8 Å². The Bertz CT molecular complexity index is 5760. The van der Waals surface area contributed by atoms with Gasteiger partial charge in [-0.3, -0.25) is 0 Å². The lowest BCUT2D eigenvalue weighted by atomic mass is 9.73. The summed E-state index contributed by atoms with van der Waals surface area (Å²) in [6.07, 6.45) is 28.3. The first-order valence-electron chi connectivity index (χ1n) is 42.0. The molecule has 0 N–H and O–H groups in total. The summed E-state index contributed by atoms with van der Waals surface area (Å²) in [6.45, 7) is 45.0. The summed E-state index contributed by atoms with van der Waals surface area (Å²) in [4.78, 5) is 22.9. The van der Waals surface area contributed by atoms with Crippen molar-refractivity contribution in [3.63, 3.8) is 0 Å². The molecule has 122 heavy (non-hydrogen) atoms. The summed E-state index contributed by atoms with van der Waals surface area (Å²) in [5.41, 5.74) is 26.7. The molecule has 0 saturated heterocycles. The second-order valence-corrected chi connectivity index (χ2v) is 34.5. The highest BCUT2D eigenvalue weighted by molar-refractivity contribution is 5.86. The monoisotopic (exact) mass is 1600 g/mol. The van der Waals surface area contributed by atoms with E-state index in [-0.39, 0.29) is 39.0 Å². The highest BCUT2D eigenvalue weighted by Gasteiger charge is 2.32. The van der Waals surface area contributed by atoms with Gasteiger partial charge in [0.15, 0.2) is 0 Å². The Hall–Kier alpha value is -14.4. The molecule has 13 nitrogen and oxygen atoms in total. The topological polar surface area (TPSA) is 135 Å². The van der Waals surface area contributed by atoms with Crippen LogP contribution in [0.5, 0.6) is 5.75 Å². The van der Waals surface area contributed by atoms with Gasteiger partial charge in [0.05, 0.1) is 50.6 Å². The van der Waals surface area contributed by atoms with Crippen molar-refractivity contribution in [2.45, 2.75) is 144 Å². The number of benzene rings is 9. The van der Waals surface area contributed by atoms with Crippen molar-refractivity contribution in [3.05, 3.63) is 408 Å². The minimum Gasteiger partial charge on any atom is -0.457 e. The van der Waals surface area contributed by atoms with Gasteiger partial charge in [0.2, 0.25) is 0 Å². The van der Waals surface area contributed by atoms with Gasteiger partial charge in [-0.25, -0.2) is 40.4 Å². The van der Waals surface area contributed by atoms with Gasteiger partial charge in [0, 0.05) is 83.8 Å². The molecule has 0 atom stereocenters. The van der Waals surface area contributed by atoms with Crippen LogP contribution in [0.15, 0.2) is 323 Å². The maximum Gasteiger partial charge on any atom is 0.269 e. The lowest BCUT2D eigenvalue weighted by Crippen LogP contribution is -2.34. The highest BCUT2D eigenvalue weighted by atomic mass is 16.5. The van der Waals surface area contributed by atoms with E-state index in [2.05, 4.69) is 269 Å². The number of allylic oxidation sites excluding steroid dienone is 16. The molecule has 0 amide bonds.